The molecule has 0 amide bonds. The maximum absolute atomic E-state index is 5.96. The van der Waals surface area contributed by atoms with E-state index < -0.39 is 0 Å². The van der Waals surface area contributed by atoms with E-state index in [9.17, 15) is 0 Å². The van der Waals surface area contributed by atoms with Crippen LogP contribution in [0.15, 0.2) is 6.20 Å². The zero-order chi connectivity index (χ0) is 12.1. The van der Waals surface area contributed by atoms with Crippen LogP contribution >= 0.6 is 23.2 Å². The number of nitrogens with zero attached hydrogens (tertiary/aromatic N) is 3. The van der Waals surface area contributed by atoms with Crippen molar-refractivity contribution in [3.63, 3.8) is 0 Å². The van der Waals surface area contributed by atoms with Gasteiger partial charge in [0.1, 0.15) is 10.8 Å². The summed E-state index contributed by atoms with van der Waals surface area (Å²) < 4.78 is 0. The van der Waals surface area contributed by atoms with Crippen molar-refractivity contribution < 1.29 is 0 Å². The van der Waals surface area contributed by atoms with E-state index in [-0.39, 0.29) is 5.28 Å². The first-order valence-electron chi connectivity index (χ1n) is 5.90. The Hall–Kier alpha value is -0.580. The van der Waals surface area contributed by atoms with Crippen LogP contribution in [-0.4, -0.2) is 41.0 Å². The van der Waals surface area contributed by atoms with Crippen molar-refractivity contribution in [1.82, 2.24) is 14.9 Å². The molecule has 1 saturated heterocycles. The lowest BCUT2D eigenvalue weighted by Crippen LogP contribution is -2.33. The molecule has 2 rings (SSSR count). The zero-order valence-electron chi connectivity index (χ0n) is 9.62. The lowest BCUT2D eigenvalue weighted by Gasteiger charge is -2.26. The Morgan fingerprint density at radius 3 is 2.76 bits per heavy atom. The van der Waals surface area contributed by atoms with E-state index in [2.05, 4.69) is 20.2 Å². The van der Waals surface area contributed by atoms with E-state index >= 15 is 0 Å². The molecule has 17 heavy (non-hydrogen) atoms. The second-order valence-electron chi connectivity index (χ2n) is 4.16. The number of hydrogen-bond acceptors (Lipinski definition) is 4. The summed E-state index contributed by atoms with van der Waals surface area (Å²) >= 11 is 11.7. The molecule has 1 fully saturated rings. The van der Waals surface area contributed by atoms with Gasteiger partial charge in [-0.25, -0.2) is 4.98 Å². The summed E-state index contributed by atoms with van der Waals surface area (Å²) in [6.07, 6.45) is 5.48. The molecule has 1 aromatic rings. The Labute approximate surface area is 111 Å². The van der Waals surface area contributed by atoms with Gasteiger partial charge in [-0.15, -0.1) is 0 Å². The van der Waals surface area contributed by atoms with Crippen LogP contribution in [0.1, 0.15) is 19.3 Å². The van der Waals surface area contributed by atoms with Gasteiger partial charge in [0, 0.05) is 13.1 Å². The molecular weight excluding hydrogens is 259 g/mol. The first-order chi connectivity index (χ1) is 8.25. The molecule has 0 bridgehead atoms. The van der Waals surface area contributed by atoms with Crippen LogP contribution in [0.3, 0.4) is 0 Å². The summed E-state index contributed by atoms with van der Waals surface area (Å²) in [5, 5.41) is 3.92. The Morgan fingerprint density at radius 1 is 1.24 bits per heavy atom. The second kappa shape index (κ2) is 6.38. The van der Waals surface area contributed by atoms with Crippen molar-refractivity contribution >= 4 is 29.0 Å². The van der Waals surface area contributed by atoms with E-state index in [1.807, 2.05) is 0 Å². The third kappa shape index (κ3) is 3.98. The molecule has 0 aromatic carbocycles. The highest BCUT2D eigenvalue weighted by atomic mass is 35.5. The first-order valence-corrected chi connectivity index (χ1v) is 6.65. The predicted molar refractivity (Wildman–Crippen MR) is 70.8 cm³/mol. The van der Waals surface area contributed by atoms with E-state index in [1.54, 1.807) is 0 Å². The van der Waals surface area contributed by atoms with Crippen molar-refractivity contribution in [2.24, 2.45) is 0 Å². The van der Waals surface area contributed by atoms with Gasteiger partial charge in [0.05, 0.1) is 6.20 Å². The Balaban J connectivity index is 1.79. The summed E-state index contributed by atoms with van der Waals surface area (Å²) in [4.78, 5) is 10.3. The molecule has 0 saturated carbocycles. The molecule has 1 aromatic heterocycles. The van der Waals surface area contributed by atoms with Gasteiger partial charge in [0.15, 0.2) is 0 Å². The second-order valence-corrected chi connectivity index (χ2v) is 4.91. The number of piperidine rings is 1. The standard InChI is InChI=1S/C11H16Cl2N4/c12-9-8-15-11(13)16-10(9)14-4-7-17-5-2-1-3-6-17/h8H,1-7H2,(H,14,15,16). The first kappa shape index (κ1) is 12.9. The minimum atomic E-state index is 0.217. The molecule has 1 aliphatic rings. The fraction of sp³-hybridized carbons (Fsp3) is 0.636. The van der Waals surface area contributed by atoms with Crippen LogP contribution in [0.5, 0.6) is 0 Å². The van der Waals surface area contributed by atoms with Crippen molar-refractivity contribution in [3.05, 3.63) is 16.5 Å². The maximum atomic E-state index is 5.96. The zero-order valence-corrected chi connectivity index (χ0v) is 11.1. The van der Waals surface area contributed by atoms with Gasteiger partial charge in [0.2, 0.25) is 5.28 Å². The van der Waals surface area contributed by atoms with E-state index in [0.717, 1.165) is 13.1 Å². The van der Waals surface area contributed by atoms with Crippen LogP contribution in [0.4, 0.5) is 5.82 Å². The fourth-order valence-corrected chi connectivity index (χ4v) is 2.28. The SMILES string of the molecule is Clc1ncc(Cl)c(NCCN2CCCCC2)n1. The van der Waals surface area contributed by atoms with Gasteiger partial charge in [-0.3, -0.25) is 0 Å². The van der Waals surface area contributed by atoms with Crippen molar-refractivity contribution in [3.8, 4) is 0 Å². The van der Waals surface area contributed by atoms with Crippen LogP contribution in [0.25, 0.3) is 0 Å². The molecule has 0 radical (unpaired) electrons. The van der Waals surface area contributed by atoms with Gasteiger partial charge in [-0.1, -0.05) is 18.0 Å². The number of halogens is 2. The minimum absolute atomic E-state index is 0.217. The highest BCUT2D eigenvalue weighted by Gasteiger charge is 2.10. The lowest BCUT2D eigenvalue weighted by molar-refractivity contribution is 0.237. The summed E-state index contributed by atoms with van der Waals surface area (Å²) in [6, 6.07) is 0. The molecule has 0 aliphatic carbocycles. The third-order valence-electron chi connectivity index (χ3n) is 2.88. The highest BCUT2D eigenvalue weighted by molar-refractivity contribution is 6.33. The smallest absolute Gasteiger partial charge is 0.224 e. The number of nitrogens with one attached hydrogen (secondary N) is 1. The van der Waals surface area contributed by atoms with Gasteiger partial charge < -0.3 is 10.2 Å². The van der Waals surface area contributed by atoms with Gasteiger partial charge >= 0.3 is 0 Å². The highest BCUT2D eigenvalue weighted by Crippen LogP contribution is 2.19. The van der Waals surface area contributed by atoms with E-state index in [0.29, 0.717) is 10.8 Å². The quantitative estimate of drug-likeness (QED) is 0.858. The Bertz CT molecular complexity index is 366. The molecular formula is C11H16Cl2N4. The monoisotopic (exact) mass is 274 g/mol. The number of anilines is 1. The molecule has 0 spiro atoms. The van der Waals surface area contributed by atoms with Crippen molar-refractivity contribution in [2.75, 3.05) is 31.5 Å². The van der Waals surface area contributed by atoms with Crippen molar-refractivity contribution in [2.45, 2.75) is 19.3 Å². The average Bonchev–Trinajstić information content (AvgIpc) is 2.35. The van der Waals surface area contributed by atoms with Crippen LogP contribution < -0.4 is 5.32 Å². The molecule has 6 heteroatoms. The molecule has 1 aliphatic heterocycles. The van der Waals surface area contributed by atoms with Crippen molar-refractivity contribution in [1.29, 1.82) is 0 Å². The molecule has 2 heterocycles. The molecule has 0 atom stereocenters. The van der Waals surface area contributed by atoms with Gasteiger partial charge in [0.25, 0.3) is 0 Å². The Morgan fingerprint density at radius 2 is 2.00 bits per heavy atom. The average molecular weight is 275 g/mol. The van der Waals surface area contributed by atoms with Crippen LogP contribution in [-0.2, 0) is 0 Å². The third-order valence-corrected chi connectivity index (χ3v) is 3.34. The fourth-order valence-electron chi connectivity index (χ4n) is 1.99. The summed E-state index contributed by atoms with van der Waals surface area (Å²) in [5.74, 6) is 0.615. The number of hydrogen-bond donors (Lipinski definition) is 1. The summed E-state index contributed by atoms with van der Waals surface area (Å²) in [5.41, 5.74) is 0. The summed E-state index contributed by atoms with van der Waals surface area (Å²) in [7, 11) is 0. The number of rotatable bonds is 4. The minimum Gasteiger partial charge on any atom is -0.367 e. The van der Waals surface area contributed by atoms with Gasteiger partial charge in [-0.2, -0.15) is 4.98 Å². The molecule has 4 nitrogen and oxygen atoms in total. The van der Waals surface area contributed by atoms with E-state index in [4.69, 9.17) is 23.2 Å². The number of likely N-dealkylation sites (tertiary alicyclic amines) is 1. The molecule has 94 valence electrons. The van der Waals surface area contributed by atoms with Crippen LogP contribution in [0, 0.1) is 0 Å². The van der Waals surface area contributed by atoms with E-state index in [1.165, 1.54) is 38.5 Å². The Kier molecular flexibility index (Phi) is 4.83. The molecule has 0 unspecified atom stereocenters. The van der Waals surface area contributed by atoms with Gasteiger partial charge in [-0.05, 0) is 37.5 Å². The largest absolute Gasteiger partial charge is 0.367 e. The topological polar surface area (TPSA) is 41.1 Å². The lowest BCUT2D eigenvalue weighted by atomic mass is 10.1. The maximum Gasteiger partial charge on any atom is 0.224 e. The predicted octanol–water partition coefficient (Wildman–Crippen LogP) is 2.68. The van der Waals surface area contributed by atoms with Crippen LogP contribution in [0.2, 0.25) is 10.3 Å². The normalized spacial score (nSPS) is 17.1. The number of aromatic nitrogens is 2. The summed E-state index contributed by atoms with van der Waals surface area (Å²) in [6.45, 7) is 4.23. The molecule has 1 N–H and O–H groups in total.